The third-order valence-electron chi connectivity index (χ3n) is 4.08. The molecule has 0 radical (unpaired) electrons. The molecule has 1 aromatic carbocycles. The average Bonchev–Trinajstić information content (AvgIpc) is 3.12. The highest BCUT2D eigenvalue weighted by atomic mass is 15.2. The molecular formula is C16H13N4+. The van der Waals surface area contributed by atoms with Crippen LogP contribution in [0.4, 0.5) is 0 Å². The van der Waals surface area contributed by atoms with Gasteiger partial charge < -0.3 is 4.57 Å². The third-order valence-corrected chi connectivity index (χ3v) is 4.08. The fourth-order valence-corrected chi connectivity index (χ4v) is 3.21. The largest absolute Gasteiger partial charge is 0.304 e. The number of benzene rings is 1. The van der Waals surface area contributed by atoms with Crippen molar-refractivity contribution in [1.82, 2.24) is 14.0 Å². The molecule has 0 amide bonds. The van der Waals surface area contributed by atoms with Gasteiger partial charge in [0.25, 0.3) is 12.0 Å². The number of nitrogens with zero attached hydrogens (tertiary/aromatic N) is 4. The summed E-state index contributed by atoms with van der Waals surface area (Å²) in [6.07, 6.45) is 5.57. The Morgan fingerprint density at radius 2 is 2.15 bits per heavy atom. The van der Waals surface area contributed by atoms with Gasteiger partial charge in [-0.2, -0.15) is 4.40 Å². The van der Waals surface area contributed by atoms with Crippen LogP contribution in [0.25, 0.3) is 27.9 Å². The molecule has 1 aliphatic rings. The van der Waals surface area contributed by atoms with Crippen LogP contribution in [0.3, 0.4) is 0 Å². The van der Waals surface area contributed by atoms with Gasteiger partial charge in [0.2, 0.25) is 5.69 Å². The summed E-state index contributed by atoms with van der Waals surface area (Å²) in [6.45, 7) is -1.51. The number of aryl methyl sites for hydroxylation is 1. The lowest BCUT2D eigenvalue weighted by Crippen LogP contribution is -2.29. The molecule has 4 aromatic rings. The monoisotopic (exact) mass is 264 g/mol. The molecule has 4 heterocycles. The summed E-state index contributed by atoms with van der Waals surface area (Å²) in [6, 6.07) is 9.58. The number of hydrogen-bond donors (Lipinski definition) is 0. The van der Waals surface area contributed by atoms with Crippen molar-refractivity contribution in [3.05, 3.63) is 54.6 Å². The van der Waals surface area contributed by atoms with Crippen molar-refractivity contribution < 1.29 is 8.68 Å². The quantitative estimate of drug-likeness (QED) is 0.394. The second-order valence-electron chi connectivity index (χ2n) is 5.14. The lowest BCUT2D eigenvalue weighted by Gasteiger charge is -1.95. The van der Waals surface area contributed by atoms with Gasteiger partial charge in [0.15, 0.2) is 5.52 Å². The molecule has 3 aromatic heterocycles. The van der Waals surface area contributed by atoms with E-state index in [1.807, 2.05) is 47.3 Å². The van der Waals surface area contributed by atoms with E-state index in [-0.39, 0.29) is 0 Å². The van der Waals surface area contributed by atoms with Gasteiger partial charge in [-0.3, -0.25) is 4.98 Å². The van der Waals surface area contributed by atoms with Crippen LogP contribution in [0.15, 0.2) is 49.1 Å². The van der Waals surface area contributed by atoms with E-state index in [0.29, 0.717) is 11.2 Å². The molecule has 0 atom stereocenters. The van der Waals surface area contributed by atoms with E-state index in [2.05, 4.69) is 9.55 Å². The maximum atomic E-state index is 8.00. The Hall–Kier alpha value is -2.62. The first kappa shape index (κ1) is 7.85. The lowest BCUT2D eigenvalue weighted by molar-refractivity contribution is -0.671. The van der Waals surface area contributed by atoms with Crippen LogP contribution in [-0.2, 0) is 13.5 Å². The number of fused-ring (bicyclic) bond motifs is 7. The van der Waals surface area contributed by atoms with E-state index in [9.17, 15) is 0 Å². The van der Waals surface area contributed by atoms with E-state index >= 15 is 0 Å². The topological polar surface area (TPSA) is 26.1 Å². The van der Waals surface area contributed by atoms with Crippen molar-refractivity contribution in [2.24, 2.45) is 6.98 Å². The molecule has 4 heteroatoms. The third kappa shape index (κ3) is 1.04. The Morgan fingerprint density at radius 3 is 3.05 bits per heavy atom. The van der Waals surface area contributed by atoms with Crippen LogP contribution in [0.5, 0.6) is 0 Å². The molecule has 0 unspecified atom stereocenters. The zero-order valence-corrected chi connectivity index (χ0v) is 10.6. The Balaban J connectivity index is 2.02. The number of hydrogen-bond acceptors (Lipinski definition) is 1. The summed E-state index contributed by atoms with van der Waals surface area (Å²) in [4.78, 5) is 4.21. The van der Waals surface area contributed by atoms with Gasteiger partial charge >= 0.3 is 0 Å². The average molecular weight is 264 g/mol. The van der Waals surface area contributed by atoms with Crippen LogP contribution in [0, 0.1) is 0 Å². The molecular weight excluding hydrogens is 248 g/mol. The van der Waals surface area contributed by atoms with Crippen molar-refractivity contribution in [3.63, 3.8) is 0 Å². The minimum atomic E-state index is -2.25. The molecule has 96 valence electrons. The van der Waals surface area contributed by atoms with Gasteiger partial charge in [0.05, 0.1) is 11.1 Å². The van der Waals surface area contributed by atoms with Crippen LogP contribution in [0.1, 0.15) is 9.68 Å². The van der Waals surface area contributed by atoms with Crippen LogP contribution < -0.4 is 4.57 Å². The number of para-hydroxylation sites is 2. The number of rotatable bonds is 0. The summed E-state index contributed by atoms with van der Waals surface area (Å²) >= 11 is 0. The zero-order valence-electron chi connectivity index (χ0n) is 13.6. The molecule has 0 saturated carbocycles. The first-order valence-corrected chi connectivity index (χ1v) is 6.53. The SMILES string of the molecule is [2H]C([2H])([2H])n1c2ccccc2n2c[n+]3c(c12)-c1cnccc1C3. The highest BCUT2D eigenvalue weighted by Crippen LogP contribution is 2.32. The number of imidazole rings is 2. The molecule has 0 saturated heterocycles. The van der Waals surface area contributed by atoms with Gasteiger partial charge in [0, 0.05) is 29.0 Å². The summed E-state index contributed by atoms with van der Waals surface area (Å²) in [5, 5.41) is 0. The first-order valence-electron chi connectivity index (χ1n) is 8.03. The Bertz CT molecular complexity index is 1090. The second-order valence-corrected chi connectivity index (χ2v) is 5.14. The van der Waals surface area contributed by atoms with E-state index in [1.165, 1.54) is 10.1 Å². The minimum absolute atomic E-state index is 0.693. The first-order chi connectivity index (χ1) is 11.1. The normalized spacial score (nSPS) is 15.9. The maximum absolute atomic E-state index is 8.00. The fraction of sp³-hybridized carbons (Fsp3) is 0.125. The van der Waals surface area contributed by atoms with Crippen molar-refractivity contribution in [3.8, 4) is 11.3 Å². The van der Waals surface area contributed by atoms with Crippen LogP contribution in [-0.4, -0.2) is 14.0 Å². The smallest absolute Gasteiger partial charge is 0.255 e. The molecule has 20 heavy (non-hydrogen) atoms. The summed E-state index contributed by atoms with van der Waals surface area (Å²) in [7, 11) is 0. The molecule has 1 aliphatic heterocycles. The Morgan fingerprint density at radius 1 is 1.25 bits per heavy atom. The molecule has 4 nitrogen and oxygen atoms in total. The highest BCUT2D eigenvalue weighted by Gasteiger charge is 2.32. The van der Waals surface area contributed by atoms with Gasteiger partial charge in [-0.15, -0.1) is 0 Å². The Labute approximate surface area is 119 Å². The maximum Gasteiger partial charge on any atom is 0.255 e. The van der Waals surface area contributed by atoms with Crippen molar-refractivity contribution in [2.75, 3.05) is 0 Å². The molecule has 5 rings (SSSR count). The van der Waals surface area contributed by atoms with Crippen molar-refractivity contribution >= 4 is 16.7 Å². The molecule has 0 fully saturated rings. The summed E-state index contributed by atoms with van der Waals surface area (Å²) in [5.74, 6) is 0. The van der Waals surface area contributed by atoms with Crippen LogP contribution in [0.2, 0.25) is 0 Å². The van der Waals surface area contributed by atoms with E-state index < -0.39 is 6.98 Å². The van der Waals surface area contributed by atoms with Gasteiger partial charge in [-0.05, 0) is 18.2 Å². The molecule has 0 N–H and O–H groups in total. The van der Waals surface area contributed by atoms with E-state index in [4.69, 9.17) is 4.11 Å². The highest BCUT2D eigenvalue weighted by molar-refractivity contribution is 5.87. The van der Waals surface area contributed by atoms with E-state index in [0.717, 1.165) is 23.3 Å². The van der Waals surface area contributed by atoms with Crippen molar-refractivity contribution in [1.29, 1.82) is 0 Å². The van der Waals surface area contributed by atoms with Gasteiger partial charge in [-0.1, -0.05) is 12.1 Å². The standard InChI is InChI=1S/C16H13N4/c1-18-13-4-2-3-5-14(13)20-10-19-9-11-6-7-17-8-12(11)15(19)16(18)20/h2-8,10H,9H2,1H3/q+1/i1D3. The van der Waals surface area contributed by atoms with Gasteiger partial charge in [-0.25, -0.2) is 4.57 Å². The minimum Gasteiger partial charge on any atom is -0.304 e. The predicted molar refractivity (Wildman–Crippen MR) is 76.4 cm³/mol. The van der Waals surface area contributed by atoms with E-state index in [1.54, 1.807) is 6.20 Å². The van der Waals surface area contributed by atoms with Crippen LogP contribution >= 0.6 is 0 Å². The molecule has 0 spiro atoms. The predicted octanol–water partition coefficient (Wildman–Crippen LogP) is 2.14. The number of aromatic nitrogens is 4. The summed E-state index contributed by atoms with van der Waals surface area (Å²) < 4.78 is 29.5. The molecule has 0 aliphatic carbocycles. The summed E-state index contributed by atoms with van der Waals surface area (Å²) in [5.41, 5.74) is 5.38. The zero-order chi connectivity index (χ0) is 15.8. The fourth-order valence-electron chi connectivity index (χ4n) is 3.21. The lowest BCUT2D eigenvalue weighted by atomic mass is 10.1. The number of pyridine rings is 1. The van der Waals surface area contributed by atoms with Gasteiger partial charge in [0.1, 0.15) is 6.54 Å². The Kier molecular flexibility index (Phi) is 1.29. The second kappa shape index (κ2) is 3.28. The molecule has 0 bridgehead atoms. The van der Waals surface area contributed by atoms with Crippen molar-refractivity contribution in [2.45, 2.75) is 6.54 Å².